The number of carbonyl (C=O) groups excluding carboxylic acids is 1. The van der Waals surface area contributed by atoms with Gasteiger partial charge in [-0.25, -0.2) is 9.79 Å². The van der Waals surface area contributed by atoms with Crippen LogP contribution in [-0.4, -0.2) is 61.6 Å². The van der Waals surface area contributed by atoms with E-state index in [2.05, 4.69) is 36.2 Å². The topological polar surface area (TPSA) is 75.6 Å². The lowest BCUT2D eigenvalue weighted by molar-refractivity contribution is 0.144. The van der Waals surface area contributed by atoms with E-state index < -0.39 is 0 Å². The zero-order valence-corrected chi connectivity index (χ0v) is 21.9. The lowest BCUT2D eigenvalue weighted by atomic mass is 10.1. The first-order valence-electron chi connectivity index (χ1n) is 12.4. The van der Waals surface area contributed by atoms with Gasteiger partial charge in [-0.15, -0.1) is 0 Å². The van der Waals surface area contributed by atoms with E-state index in [1.165, 1.54) is 0 Å². The van der Waals surface area contributed by atoms with E-state index in [9.17, 15) is 4.79 Å². The first-order chi connectivity index (χ1) is 17.9. The second-order valence-corrected chi connectivity index (χ2v) is 9.49. The Labute approximate surface area is 217 Å². The molecule has 0 bridgehead atoms. The van der Waals surface area contributed by atoms with E-state index in [1.54, 1.807) is 32.4 Å². The monoisotopic (exact) mass is 500 g/mol. The van der Waals surface area contributed by atoms with Crippen LogP contribution in [0.4, 0.5) is 16.2 Å². The molecule has 192 valence electrons. The molecule has 1 atom stereocenters. The number of benzene rings is 3. The van der Waals surface area contributed by atoms with Gasteiger partial charge >= 0.3 is 6.03 Å². The van der Waals surface area contributed by atoms with Gasteiger partial charge in [0.15, 0.2) is 5.75 Å². The van der Waals surface area contributed by atoms with Crippen molar-refractivity contribution in [2.75, 3.05) is 39.2 Å². The third-order valence-corrected chi connectivity index (χ3v) is 6.78. The van der Waals surface area contributed by atoms with E-state index in [-0.39, 0.29) is 12.1 Å². The average Bonchev–Trinajstić information content (AvgIpc) is 3.04. The maximum Gasteiger partial charge on any atom is 0.322 e. The maximum absolute atomic E-state index is 13.2. The fourth-order valence-corrected chi connectivity index (χ4v) is 4.78. The number of nitrogens with one attached hydrogen (secondary N) is 1. The second-order valence-electron chi connectivity index (χ2n) is 9.49. The molecule has 2 amide bonds. The van der Waals surface area contributed by atoms with Gasteiger partial charge in [0.05, 0.1) is 25.5 Å². The van der Waals surface area contributed by atoms with Crippen molar-refractivity contribution in [2.45, 2.75) is 26.8 Å². The Kier molecular flexibility index (Phi) is 6.65. The molecule has 0 radical (unpaired) electrons. The molecule has 8 heteroatoms. The first-order valence-corrected chi connectivity index (χ1v) is 12.4. The third-order valence-electron chi connectivity index (χ3n) is 6.78. The summed E-state index contributed by atoms with van der Waals surface area (Å²) < 4.78 is 17.0. The van der Waals surface area contributed by atoms with Crippen LogP contribution in [-0.2, 0) is 0 Å². The SMILES string of the molecule is COc1ccc(NC(=O)N2CCN(C3=Nc4ccc(C)cc4Oc4ccc(C)cc43)C[C@H]2C)c(OC)c1. The zero-order valence-electron chi connectivity index (χ0n) is 21.9. The molecule has 1 N–H and O–H groups in total. The number of piperazine rings is 1. The summed E-state index contributed by atoms with van der Waals surface area (Å²) in [4.78, 5) is 22.4. The molecule has 0 saturated carbocycles. The summed E-state index contributed by atoms with van der Waals surface area (Å²) >= 11 is 0. The number of ether oxygens (including phenoxy) is 3. The lowest BCUT2D eigenvalue weighted by Crippen LogP contribution is -2.56. The molecule has 3 aromatic carbocycles. The van der Waals surface area contributed by atoms with Crippen LogP contribution in [0.2, 0.25) is 0 Å². The fourth-order valence-electron chi connectivity index (χ4n) is 4.78. The zero-order chi connectivity index (χ0) is 26.1. The van der Waals surface area contributed by atoms with Crippen LogP contribution in [0.25, 0.3) is 0 Å². The second kappa shape index (κ2) is 10.0. The quantitative estimate of drug-likeness (QED) is 0.496. The van der Waals surface area contributed by atoms with Gasteiger partial charge < -0.3 is 29.3 Å². The van der Waals surface area contributed by atoms with Crippen LogP contribution >= 0.6 is 0 Å². The lowest BCUT2D eigenvalue weighted by Gasteiger charge is -2.41. The maximum atomic E-state index is 13.2. The van der Waals surface area contributed by atoms with Gasteiger partial charge in [-0.3, -0.25) is 0 Å². The number of fused-ring (bicyclic) bond motifs is 2. The van der Waals surface area contributed by atoms with Crippen LogP contribution in [0.3, 0.4) is 0 Å². The van der Waals surface area contributed by atoms with E-state index in [1.807, 2.05) is 36.1 Å². The molecule has 2 aliphatic heterocycles. The predicted molar refractivity (Wildman–Crippen MR) is 145 cm³/mol. The van der Waals surface area contributed by atoms with Crippen molar-refractivity contribution >= 4 is 23.2 Å². The Morgan fingerprint density at radius 3 is 2.51 bits per heavy atom. The highest BCUT2D eigenvalue weighted by Crippen LogP contribution is 2.39. The number of rotatable bonds is 3. The van der Waals surface area contributed by atoms with Gasteiger partial charge in [0.1, 0.15) is 28.8 Å². The Hall–Kier alpha value is -4.20. The van der Waals surface area contributed by atoms with E-state index in [4.69, 9.17) is 19.2 Å². The largest absolute Gasteiger partial charge is 0.497 e. The van der Waals surface area contributed by atoms with E-state index in [0.717, 1.165) is 39.7 Å². The third kappa shape index (κ3) is 4.91. The molecule has 3 aromatic rings. The van der Waals surface area contributed by atoms with Crippen molar-refractivity contribution < 1.29 is 19.0 Å². The van der Waals surface area contributed by atoms with Crippen LogP contribution in [0.1, 0.15) is 23.6 Å². The summed E-state index contributed by atoms with van der Waals surface area (Å²) in [5, 5.41) is 3.00. The minimum atomic E-state index is -0.168. The smallest absolute Gasteiger partial charge is 0.322 e. The van der Waals surface area contributed by atoms with Gasteiger partial charge in [0.2, 0.25) is 0 Å². The van der Waals surface area contributed by atoms with Crippen molar-refractivity contribution in [3.05, 3.63) is 71.3 Å². The molecule has 37 heavy (non-hydrogen) atoms. The molecular formula is C29H32N4O4. The highest BCUT2D eigenvalue weighted by Gasteiger charge is 2.32. The summed E-state index contributed by atoms with van der Waals surface area (Å²) in [5.74, 6) is 3.61. The molecule has 5 rings (SSSR count). The number of amidine groups is 1. The molecule has 0 aliphatic carbocycles. The Morgan fingerprint density at radius 1 is 0.973 bits per heavy atom. The Balaban J connectivity index is 1.38. The van der Waals surface area contributed by atoms with Crippen molar-refractivity contribution in [2.24, 2.45) is 4.99 Å². The normalized spacial score (nSPS) is 16.6. The molecule has 2 heterocycles. The van der Waals surface area contributed by atoms with Crippen molar-refractivity contribution in [3.8, 4) is 23.0 Å². The highest BCUT2D eigenvalue weighted by molar-refractivity contribution is 6.04. The molecular weight excluding hydrogens is 468 g/mol. The van der Waals surface area contributed by atoms with Crippen molar-refractivity contribution in [3.63, 3.8) is 0 Å². The minimum Gasteiger partial charge on any atom is -0.497 e. The predicted octanol–water partition coefficient (Wildman–Crippen LogP) is 5.74. The van der Waals surface area contributed by atoms with Gasteiger partial charge in [0.25, 0.3) is 0 Å². The number of aryl methyl sites for hydroxylation is 2. The number of carbonyl (C=O) groups is 1. The average molecular weight is 501 g/mol. The fraction of sp³-hybridized carbons (Fsp3) is 0.310. The molecule has 1 fully saturated rings. The standard InChI is InChI=1S/C29H32N4O4/c1-18-7-11-25-22(14-18)28(30-24-9-6-19(2)15-27(24)37-25)32-12-13-33(20(3)17-32)29(34)31-23-10-8-21(35-4)16-26(23)36-5/h6-11,14-16,20H,12-13,17H2,1-5H3,(H,31,34)/t20-/m1/s1. The summed E-state index contributed by atoms with van der Waals surface area (Å²) in [6, 6.07) is 17.4. The number of hydrogen-bond acceptors (Lipinski definition) is 6. The summed E-state index contributed by atoms with van der Waals surface area (Å²) in [6.07, 6.45) is 0. The van der Waals surface area contributed by atoms with Crippen LogP contribution in [0, 0.1) is 13.8 Å². The number of urea groups is 1. The molecule has 0 unspecified atom stereocenters. The van der Waals surface area contributed by atoms with E-state index >= 15 is 0 Å². The molecule has 2 aliphatic rings. The number of anilines is 1. The van der Waals surface area contributed by atoms with Gasteiger partial charge in [0, 0.05) is 31.7 Å². The van der Waals surface area contributed by atoms with Crippen LogP contribution in [0.15, 0.2) is 59.6 Å². The summed E-state index contributed by atoms with van der Waals surface area (Å²) in [6.45, 7) is 8.00. The Bertz CT molecular complexity index is 1370. The minimum absolute atomic E-state index is 0.0457. The van der Waals surface area contributed by atoms with E-state index in [0.29, 0.717) is 36.8 Å². The molecule has 0 aromatic heterocycles. The van der Waals surface area contributed by atoms with Crippen LogP contribution < -0.4 is 19.5 Å². The van der Waals surface area contributed by atoms with Crippen molar-refractivity contribution in [1.82, 2.24) is 9.80 Å². The first kappa shape index (κ1) is 24.5. The number of hydrogen-bond donors (Lipinski definition) is 1. The summed E-state index contributed by atoms with van der Waals surface area (Å²) in [7, 11) is 3.17. The number of methoxy groups -OCH3 is 2. The number of aliphatic imine (C=N–C) groups is 1. The molecule has 8 nitrogen and oxygen atoms in total. The van der Waals surface area contributed by atoms with Crippen molar-refractivity contribution in [1.29, 1.82) is 0 Å². The molecule has 0 spiro atoms. The van der Waals surface area contributed by atoms with Gasteiger partial charge in [-0.1, -0.05) is 17.7 Å². The highest BCUT2D eigenvalue weighted by atomic mass is 16.5. The number of nitrogens with zero attached hydrogens (tertiary/aromatic N) is 3. The Morgan fingerprint density at radius 2 is 1.76 bits per heavy atom. The summed E-state index contributed by atoms with van der Waals surface area (Å²) in [5.41, 5.74) is 4.62. The number of amides is 2. The van der Waals surface area contributed by atoms with Crippen LogP contribution in [0.5, 0.6) is 23.0 Å². The van der Waals surface area contributed by atoms with Gasteiger partial charge in [-0.05, 0) is 62.7 Å². The molecule has 1 saturated heterocycles. The van der Waals surface area contributed by atoms with Gasteiger partial charge in [-0.2, -0.15) is 0 Å².